The molecule has 0 aromatic heterocycles. The molecule has 1 aliphatic heterocycles. The maximum Gasteiger partial charge on any atom is 0.221 e. The number of carbonyl (C=O) groups excluding carboxylic acids is 1. The van der Waals surface area contributed by atoms with Crippen LogP contribution >= 0.6 is 0 Å². The Morgan fingerprint density at radius 1 is 1.39 bits per heavy atom. The molecule has 0 unspecified atom stereocenters. The summed E-state index contributed by atoms with van der Waals surface area (Å²) >= 11 is 0. The van der Waals surface area contributed by atoms with Crippen LogP contribution in [0.25, 0.3) is 0 Å². The molecule has 6 heteroatoms. The first kappa shape index (κ1) is 17.8. The van der Waals surface area contributed by atoms with Gasteiger partial charge in [0, 0.05) is 13.5 Å². The third-order valence-corrected chi connectivity index (χ3v) is 4.61. The van der Waals surface area contributed by atoms with Crippen molar-refractivity contribution in [1.82, 2.24) is 10.6 Å². The van der Waals surface area contributed by atoms with Gasteiger partial charge in [-0.3, -0.25) is 4.79 Å². The summed E-state index contributed by atoms with van der Waals surface area (Å²) in [6, 6.07) is 9.04. The second-order valence-electron chi connectivity index (χ2n) is 6.17. The van der Waals surface area contributed by atoms with Gasteiger partial charge in [-0.25, -0.2) is 4.39 Å². The van der Waals surface area contributed by atoms with Gasteiger partial charge in [-0.1, -0.05) is 30.3 Å². The Labute approximate surface area is 135 Å². The van der Waals surface area contributed by atoms with E-state index in [1.165, 1.54) is 7.05 Å². The van der Waals surface area contributed by atoms with Crippen LogP contribution in [0.15, 0.2) is 30.3 Å². The second kappa shape index (κ2) is 7.86. The van der Waals surface area contributed by atoms with Crippen molar-refractivity contribution in [2.75, 3.05) is 13.7 Å². The molecule has 1 saturated heterocycles. The van der Waals surface area contributed by atoms with Crippen LogP contribution < -0.4 is 10.6 Å². The van der Waals surface area contributed by atoms with Crippen LogP contribution in [0.3, 0.4) is 0 Å². The third-order valence-electron chi connectivity index (χ3n) is 4.61. The second-order valence-corrected chi connectivity index (χ2v) is 6.17. The van der Waals surface area contributed by atoms with Crippen LogP contribution in [0.2, 0.25) is 0 Å². The SMILES string of the molecule is CNC(=O)C[C@@]1(CCCc2ccccc2)N[C@H](CO)[C@@H](F)[C@@H]1O. The van der Waals surface area contributed by atoms with Gasteiger partial charge >= 0.3 is 0 Å². The average Bonchev–Trinajstić information content (AvgIpc) is 2.80. The largest absolute Gasteiger partial charge is 0.395 e. The number of amides is 1. The Morgan fingerprint density at radius 2 is 2.09 bits per heavy atom. The van der Waals surface area contributed by atoms with Crippen LogP contribution in [-0.4, -0.2) is 53.6 Å². The predicted molar refractivity (Wildman–Crippen MR) is 85.7 cm³/mol. The number of aryl methyl sites for hydroxylation is 1. The molecule has 5 nitrogen and oxygen atoms in total. The van der Waals surface area contributed by atoms with E-state index in [2.05, 4.69) is 10.6 Å². The highest BCUT2D eigenvalue weighted by molar-refractivity contribution is 5.77. The van der Waals surface area contributed by atoms with Crippen molar-refractivity contribution in [2.24, 2.45) is 0 Å². The van der Waals surface area contributed by atoms with E-state index in [0.29, 0.717) is 12.8 Å². The van der Waals surface area contributed by atoms with E-state index in [1.54, 1.807) is 0 Å². The van der Waals surface area contributed by atoms with Crippen molar-refractivity contribution in [3.63, 3.8) is 0 Å². The third kappa shape index (κ3) is 4.07. The zero-order valence-corrected chi connectivity index (χ0v) is 13.3. The van der Waals surface area contributed by atoms with Gasteiger partial charge in [0.15, 0.2) is 0 Å². The standard InChI is InChI=1S/C17H25FN2O3/c1-19-14(22)10-17(16(23)15(18)13(11-21)20-17)9-5-8-12-6-3-2-4-7-12/h2-4,6-7,13,15-16,20-21,23H,5,8-11H2,1H3,(H,19,22)/t13-,15-,16+,17-/m1/s1. The molecule has 1 heterocycles. The summed E-state index contributed by atoms with van der Waals surface area (Å²) in [5.74, 6) is -0.262. The summed E-state index contributed by atoms with van der Waals surface area (Å²) in [7, 11) is 1.51. The Kier molecular flexibility index (Phi) is 6.10. The molecule has 4 N–H and O–H groups in total. The maximum atomic E-state index is 14.2. The van der Waals surface area contributed by atoms with E-state index < -0.39 is 30.5 Å². The fourth-order valence-corrected chi connectivity index (χ4v) is 3.30. The van der Waals surface area contributed by atoms with E-state index in [1.807, 2.05) is 30.3 Å². The average molecular weight is 324 g/mol. The fraction of sp³-hybridized carbons (Fsp3) is 0.588. The topological polar surface area (TPSA) is 81.6 Å². The van der Waals surface area contributed by atoms with Crippen molar-refractivity contribution < 1.29 is 19.4 Å². The lowest BCUT2D eigenvalue weighted by atomic mass is 9.84. The number of halogens is 1. The minimum absolute atomic E-state index is 0.0175. The van der Waals surface area contributed by atoms with Gasteiger partial charge in [0.25, 0.3) is 0 Å². The van der Waals surface area contributed by atoms with E-state index in [-0.39, 0.29) is 12.3 Å². The zero-order chi connectivity index (χ0) is 16.9. The number of alkyl halides is 1. The number of hydrogen-bond acceptors (Lipinski definition) is 4. The number of aliphatic hydroxyl groups excluding tert-OH is 2. The van der Waals surface area contributed by atoms with Gasteiger partial charge in [-0.05, 0) is 24.8 Å². The number of benzene rings is 1. The lowest BCUT2D eigenvalue weighted by Gasteiger charge is -2.33. The molecule has 0 bridgehead atoms. The summed E-state index contributed by atoms with van der Waals surface area (Å²) < 4.78 is 14.2. The smallest absolute Gasteiger partial charge is 0.221 e. The quantitative estimate of drug-likeness (QED) is 0.590. The first-order valence-electron chi connectivity index (χ1n) is 7.97. The summed E-state index contributed by atoms with van der Waals surface area (Å²) in [6.45, 7) is -0.410. The van der Waals surface area contributed by atoms with Crippen LogP contribution in [0.1, 0.15) is 24.8 Å². The summed E-state index contributed by atoms with van der Waals surface area (Å²) in [4.78, 5) is 11.8. The summed E-state index contributed by atoms with van der Waals surface area (Å²) in [5, 5.41) is 25.1. The first-order valence-corrected chi connectivity index (χ1v) is 7.97. The first-order chi connectivity index (χ1) is 11.0. The molecular formula is C17H25FN2O3. The Bertz CT molecular complexity index is 514. The maximum absolute atomic E-state index is 14.2. The Hall–Kier alpha value is -1.50. The van der Waals surface area contributed by atoms with Gasteiger partial charge in [0.2, 0.25) is 5.91 Å². The number of hydrogen-bond donors (Lipinski definition) is 4. The van der Waals surface area contributed by atoms with Crippen molar-refractivity contribution >= 4 is 5.91 Å². The highest BCUT2D eigenvalue weighted by atomic mass is 19.1. The highest BCUT2D eigenvalue weighted by Gasteiger charge is 2.53. The number of aliphatic hydroxyl groups is 2. The van der Waals surface area contributed by atoms with Gasteiger partial charge < -0.3 is 20.8 Å². The van der Waals surface area contributed by atoms with E-state index >= 15 is 0 Å². The molecule has 0 aliphatic carbocycles. The fourth-order valence-electron chi connectivity index (χ4n) is 3.30. The molecule has 1 aromatic rings. The molecule has 1 aromatic carbocycles. The van der Waals surface area contributed by atoms with Crippen molar-refractivity contribution in [2.45, 2.75) is 49.5 Å². The molecule has 23 heavy (non-hydrogen) atoms. The van der Waals surface area contributed by atoms with Gasteiger partial charge in [-0.15, -0.1) is 0 Å². The van der Waals surface area contributed by atoms with Gasteiger partial charge in [-0.2, -0.15) is 0 Å². The lowest BCUT2D eigenvalue weighted by molar-refractivity contribution is -0.123. The minimum Gasteiger partial charge on any atom is -0.395 e. The van der Waals surface area contributed by atoms with Crippen LogP contribution in [0.4, 0.5) is 4.39 Å². The zero-order valence-electron chi connectivity index (χ0n) is 13.3. The van der Waals surface area contributed by atoms with Crippen LogP contribution in [0.5, 0.6) is 0 Å². The van der Waals surface area contributed by atoms with Crippen molar-refractivity contribution in [3.8, 4) is 0 Å². The predicted octanol–water partition coefficient (Wildman–Crippen LogP) is 0.547. The van der Waals surface area contributed by atoms with E-state index in [0.717, 1.165) is 12.0 Å². The van der Waals surface area contributed by atoms with Crippen LogP contribution in [-0.2, 0) is 11.2 Å². The normalized spacial score (nSPS) is 30.3. The lowest BCUT2D eigenvalue weighted by Crippen LogP contribution is -2.52. The van der Waals surface area contributed by atoms with Crippen LogP contribution in [0, 0.1) is 0 Å². The van der Waals surface area contributed by atoms with Gasteiger partial charge in [0.05, 0.1) is 18.2 Å². The molecule has 1 amide bonds. The van der Waals surface area contributed by atoms with E-state index in [9.17, 15) is 19.4 Å². The van der Waals surface area contributed by atoms with E-state index in [4.69, 9.17) is 0 Å². The molecule has 128 valence electrons. The number of carbonyl (C=O) groups is 1. The number of rotatable bonds is 7. The highest BCUT2D eigenvalue weighted by Crippen LogP contribution is 2.34. The minimum atomic E-state index is -1.58. The molecule has 4 atom stereocenters. The van der Waals surface area contributed by atoms with Gasteiger partial charge in [0.1, 0.15) is 12.3 Å². The molecule has 1 fully saturated rings. The summed E-state index contributed by atoms with van der Waals surface area (Å²) in [5.41, 5.74) is 0.118. The Morgan fingerprint density at radius 3 is 2.65 bits per heavy atom. The molecule has 0 saturated carbocycles. The number of nitrogens with one attached hydrogen (secondary N) is 2. The molecular weight excluding hydrogens is 299 g/mol. The molecule has 0 radical (unpaired) electrons. The molecule has 2 rings (SSSR count). The molecule has 1 aliphatic rings. The monoisotopic (exact) mass is 324 g/mol. The van der Waals surface area contributed by atoms with Crippen molar-refractivity contribution in [3.05, 3.63) is 35.9 Å². The molecule has 0 spiro atoms. The Balaban J connectivity index is 2.06. The van der Waals surface area contributed by atoms with Crippen molar-refractivity contribution in [1.29, 1.82) is 0 Å². The summed E-state index contributed by atoms with van der Waals surface area (Å²) in [6.07, 6.45) is -0.973.